The smallest absolute Gasteiger partial charge is 0.231 e. The topological polar surface area (TPSA) is 27.7 Å². The van der Waals surface area contributed by atoms with Crippen LogP contribution in [0, 0.1) is 0 Å². The molecule has 0 N–H and O–H groups in total. The van der Waals surface area contributed by atoms with Crippen LogP contribution in [0.2, 0.25) is 5.02 Å². The molecule has 3 nitrogen and oxygen atoms in total. The van der Waals surface area contributed by atoms with E-state index < -0.39 is 0 Å². The SMILES string of the molecule is CCOC(=S)SCc1cc2c(cc1Cl)OCO2. The van der Waals surface area contributed by atoms with Crippen LogP contribution in [0.25, 0.3) is 0 Å². The van der Waals surface area contributed by atoms with Crippen molar-refractivity contribution >= 4 is 40.0 Å². The zero-order valence-electron chi connectivity index (χ0n) is 9.20. The molecule has 0 bridgehead atoms. The number of hydrogen-bond acceptors (Lipinski definition) is 5. The van der Waals surface area contributed by atoms with Crippen molar-refractivity contribution in [3.63, 3.8) is 0 Å². The Hall–Kier alpha value is -0.650. The molecule has 17 heavy (non-hydrogen) atoms. The van der Waals surface area contributed by atoms with Crippen molar-refractivity contribution < 1.29 is 14.2 Å². The lowest BCUT2D eigenvalue weighted by atomic mass is 10.2. The lowest BCUT2D eigenvalue weighted by molar-refractivity contribution is 0.174. The summed E-state index contributed by atoms with van der Waals surface area (Å²) in [6.45, 7) is 2.74. The normalized spacial score (nSPS) is 12.6. The Morgan fingerprint density at radius 1 is 1.47 bits per heavy atom. The van der Waals surface area contributed by atoms with E-state index in [1.807, 2.05) is 13.0 Å². The summed E-state index contributed by atoms with van der Waals surface area (Å²) in [6, 6.07) is 3.65. The van der Waals surface area contributed by atoms with E-state index in [0.29, 0.717) is 27.5 Å². The van der Waals surface area contributed by atoms with Gasteiger partial charge in [0.1, 0.15) is 0 Å². The van der Waals surface area contributed by atoms with Gasteiger partial charge in [0.15, 0.2) is 11.5 Å². The summed E-state index contributed by atoms with van der Waals surface area (Å²) in [7, 11) is 0. The van der Waals surface area contributed by atoms with Crippen LogP contribution in [0.4, 0.5) is 0 Å². The Morgan fingerprint density at radius 3 is 2.88 bits per heavy atom. The fraction of sp³-hybridized carbons (Fsp3) is 0.364. The first-order valence-electron chi connectivity index (χ1n) is 5.08. The molecule has 0 radical (unpaired) electrons. The van der Waals surface area contributed by atoms with E-state index in [2.05, 4.69) is 0 Å². The number of fused-ring (bicyclic) bond motifs is 1. The van der Waals surface area contributed by atoms with E-state index in [4.69, 9.17) is 38.0 Å². The zero-order valence-corrected chi connectivity index (χ0v) is 11.6. The summed E-state index contributed by atoms with van der Waals surface area (Å²) in [5.41, 5.74) is 0.961. The third-order valence-corrected chi connectivity index (χ3v) is 3.78. The lowest BCUT2D eigenvalue weighted by Crippen LogP contribution is -1.96. The molecule has 0 spiro atoms. The van der Waals surface area contributed by atoms with E-state index in [0.717, 1.165) is 11.3 Å². The second kappa shape index (κ2) is 5.80. The molecule has 92 valence electrons. The number of benzene rings is 1. The van der Waals surface area contributed by atoms with Gasteiger partial charge in [0.05, 0.1) is 6.61 Å². The van der Waals surface area contributed by atoms with Crippen molar-refractivity contribution in [1.82, 2.24) is 0 Å². The van der Waals surface area contributed by atoms with Crippen molar-refractivity contribution in [2.24, 2.45) is 0 Å². The minimum absolute atomic E-state index is 0.250. The third kappa shape index (κ3) is 3.18. The molecule has 1 aromatic carbocycles. The Labute approximate surface area is 114 Å². The van der Waals surface area contributed by atoms with E-state index in [9.17, 15) is 0 Å². The predicted molar refractivity (Wildman–Crippen MR) is 73.1 cm³/mol. The largest absolute Gasteiger partial charge is 0.479 e. The Balaban J connectivity index is 2.04. The Bertz CT molecular complexity index is 437. The highest BCUT2D eigenvalue weighted by atomic mass is 35.5. The first-order chi connectivity index (χ1) is 8.20. The average Bonchev–Trinajstić information content (AvgIpc) is 2.73. The van der Waals surface area contributed by atoms with Crippen LogP contribution in [-0.4, -0.2) is 17.8 Å². The number of halogens is 1. The predicted octanol–water partition coefficient (Wildman–Crippen LogP) is 3.62. The lowest BCUT2D eigenvalue weighted by Gasteiger charge is -2.07. The standard InChI is InChI=1S/C11H11ClO3S2/c1-2-13-11(16)17-5-7-3-9-10(4-8(7)12)15-6-14-9/h3-4H,2,5-6H2,1H3. The number of thioether (sulfide) groups is 1. The first-order valence-corrected chi connectivity index (χ1v) is 6.85. The van der Waals surface area contributed by atoms with E-state index in [-0.39, 0.29) is 6.79 Å². The molecule has 6 heteroatoms. The molecular weight excluding hydrogens is 280 g/mol. The minimum Gasteiger partial charge on any atom is -0.479 e. The van der Waals surface area contributed by atoms with Gasteiger partial charge in [-0.3, -0.25) is 0 Å². The van der Waals surface area contributed by atoms with Crippen molar-refractivity contribution in [2.75, 3.05) is 13.4 Å². The molecule has 0 aliphatic carbocycles. The maximum Gasteiger partial charge on any atom is 0.231 e. The van der Waals surface area contributed by atoms with Gasteiger partial charge in [0.2, 0.25) is 11.2 Å². The number of thiocarbonyl (C=S) groups is 1. The van der Waals surface area contributed by atoms with Crippen molar-refractivity contribution in [1.29, 1.82) is 0 Å². The van der Waals surface area contributed by atoms with Gasteiger partial charge in [-0.1, -0.05) is 23.4 Å². The highest BCUT2D eigenvalue weighted by Crippen LogP contribution is 2.38. The second-order valence-electron chi connectivity index (χ2n) is 3.27. The average molecular weight is 291 g/mol. The van der Waals surface area contributed by atoms with Crippen molar-refractivity contribution in [3.05, 3.63) is 22.7 Å². The molecule has 2 rings (SSSR count). The third-order valence-electron chi connectivity index (χ3n) is 2.15. The summed E-state index contributed by atoms with van der Waals surface area (Å²) in [5.74, 6) is 2.08. The first kappa shape index (κ1) is 12.8. The molecule has 0 unspecified atom stereocenters. The van der Waals surface area contributed by atoms with Crippen LogP contribution in [-0.2, 0) is 10.5 Å². The molecule has 1 aliphatic rings. The zero-order chi connectivity index (χ0) is 12.3. The van der Waals surface area contributed by atoms with E-state index in [1.54, 1.807) is 6.07 Å². The molecule has 0 amide bonds. The molecule has 0 saturated carbocycles. The minimum atomic E-state index is 0.250. The maximum atomic E-state index is 6.14. The summed E-state index contributed by atoms with van der Waals surface area (Å²) in [4.78, 5) is 0. The molecule has 0 aromatic heterocycles. The van der Waals surface area contributed by atoms with Crippen LogP contribution >= 0.6 is 35.6 Å². The monoisotopic (exact) mass is 290 g/mol. The second-order valence-corrected chi connectivity index (χ2v) is 5.25. The highest BCUT2D eigenvalue weighted by molar-refractivity contribution is 8.22. The van der Waals surface area contributed by atoms with Crippen LogP contribution in [0.15, 0.2) is 12.1 Å². The van der Waals surface area contributed by atoms with Crippen LogP contribution in [0.3, 0.4) is 0 Å². The van der Waals surface area contributed by atoms with Crippen molar-refractivity contribution in [3.8, 4) is 11.5 Å². The molecule has 1 aliphatic heterocycles. The van der Waals surface area contributed by atoms with E-state index >= 15 is 0 Å². The van der Waals surface area contributed by atoms with Crippen LogP contribution < -0.4 is 9.47 Å². The number of ether oxygens (including phenoxy) is 3. The van der Waals surface area contributed by atoms with Gasteiger partial charge in [-0.15, -0.1) is 0 Å². The molecule has 1 heterocycles. The molecule has 0 atom stereocenters. The van der Waals surface area contributed by atoms with Crippen LogP contribution in [0.1, 0.15) is 12.5 Å². The van der Waals surface area contributed by atoms with Gasteiger partial charge in [-0.05, 0) is 30.8 Å². The molecular formula is C11H11ClO3S2. The maximum absolute atomic E-state index is 6.14. The van der Waals surface area contributed by atoms with Gasteiger partial charge >= 0.3 is 0 Å². The van der Waals surface area contributed by atoms with Gasteiger partial charge in [0, 0.05) is 16.8 Å². The number of rotatable bonds is 3. The summed E-state index contributed by atoms with van der Waals surface area (Å²) in [6.07, 6.45) is 0. The number of hydrogen-bond donors (Lipinski definition) is 0. The van der Waals surface area contributed by atoms with E-state index in [1.165, 1.54) is 11.8 Å². The summed E-state index contributed by atoms with van der Waals surface area (Å²) in [5, 5.41) is 0.654. The van der Waals surface area contributed by atoms with Gasteiger partial charge in [0.25, 0.3) is 0 Å². The van der Waals surface area contributed by atoms with Gasteiger partial charge in [-0.25, -0.2) is 0 Å². The molecule has 0 fully saturated rings. The summed E-state index contributed by atoms with van der Waals surface area (Å²) < 4.78 is 16.2. The Morgan fingerprint density at radius 2 is 2.18 bits per heavy atom. The highest BCUT2D eigenvalue weighted by Gasteiger charge is 2.16. The fourth-order valence-corrected chi connectivity index (χ4v) is 2.67. The fourth-order valence-electron chi connectivity index (χ4n) is 1.37. The van der Waals surface area contributed by atoms with Gasteiger partial charge in [-0.2, -0.15) is 0 Å². The van der Waals surface area contributed by atoms with Gasteiger partial charge < -0.3 is 14.2 Å². The Kier molecular flexibility index (Phi) is 4.36. The van der Waals surface area contributed by atoms with Crippen LogP contribution in [0.5, 0.6) is 11.5 Å². The molecule has 1 aromatic rings. The summed E-state index contributed by atoms with van der Waals surface area (Å²) >= 11 is 12.6. The quantitative estimate of drug-likeness (QED) is 0.793. The van der Waals surface area contributed by atoms with Crippen molar-refractivity contribution in [2.45, 2.75) is 12.7 Å². The molecule has 0 saturated heterocycles.